The number of unbranched alkanes of at least 4 members (excludes halogenated alkanes) is 1. The summed E-state index contributed by atoms with van der Waals surface area (Å²) in [5, 5.41) is 5.72. The number of alkyl carbamates (subject to hydrolysis) is 1. The Bertz CT molecular complexity index is 1150. The predicted molar refractivity (Wildman–Crippen MR) is 128 cm³/mol. The zero-order valence-electron chi connectivity index (χ0n) is 21.1. The van der Waals surface area contributed by atoms with Crippen LogP contribution in [-0.2, 0) is 32.3 Å². The third-order valence-corrected chi connectivity index (χ3v) is 6.69. The van der Waals surface area contributed by atoms with Gasteiger partial charge in [0, 0.05) is 17.8 Å². The van der Waals surface area contributed by atoms with Gasteiger partial charge < -0.3 is 10.1 Å². The molecule has 0 aromatic carbocycles. The summed E-state index contributed by atoms with van der Waals surface area (Å²) in [6.07, 6.45) is -2.48. The SMILES string of the molecule is CCCC[C@H](NC(=O)O[C@H](Cn1ccc(C(F)(F)F)n1)C(C)(C)C)C(=O)CNS(=O)(=O)c1ccccn1. The second-order valence-corrected chi connectivity index (χ2v) is 11.2. The number of nitrogens with zero attached hydrogens (tertiary/aromatic N) is 3. The minimum atomic E-state index is -4.61. The third-order valence-electron chi connectivity index (χ3n) is 5.38. The Hall–Kier alpha value is -3.00. The molecule has 0 aliphatic rings. The van der Waals surface area contributed by atoms with Gasteiger partial charge in [0.25, 0.3) is 10.0 Å². The van der Waals surface area contributed by atoms with E-state index in [1.165, 1.54) is 18.3 Å². The highest BCUT2D eigenvalue weighted by Gasteiger charge is 2.35. The molecule has 0 bridgehead atoms. The first kappa shape index (κ1) is 30.2. The largest absolute Gasteiger partial charge is 0.444 e. The van der Waals surface area contributed by atoms with Gasteiger partial charge in [0.1, 0.15) is 6.10 Å². The van der Waals surface area contributed by atoms with E-state index in [0.29, 0.717) is 12.8 Å². The molecule has 2 aromatic rings. The summed E-state index contributed by atoms with van der Waals surface area (Å²) in [7, 11) is -4.04. The molecule has 0 fully saturated rings. The fraction of sp³-hybridized carbons (Fsp3) is 0.565. The van der Waals surface area contributed by atoms with E-state index in [2.05, 4.69) is 20.1 Å². The number of ketones is 1. The van der Waals surface area contributed by atoms with E-state index in [4.69, 9.17) is 4.74 Å². The smallest absolute Gasteiger partial charge is 0.435 e. The molecule has 1 amide bonds. The van der Waals surface area contributed by atoms with Gasteiger partial charge in [-0.3, -0.25) is 9.48 Å². The summed E-state index contributed by atoms with van der Waals surface area (Å²) in [5.41, 5.74) is -1.74. The van der Waals surface area contributed by atoms with Gasteiger partial charge in [0.2, 0.25) is 0 Å². The van der Waals surface area contributed by atoms with E-state index in [1.807, 2.05) is 6.92 Å². The molecule has 10 nitrogen and oxygen atoms in total. The molecule has 14 heteroatoms. The van der Waals surface area contributed by atoms with Crippen LogP contribution < -0.4 is 10.0 Å². The lowest BCUT2D eigenvalue weighted by Crippen LogP contribution is -2.47. The van der Waals surface area contributed by atoms with Crippen LogP contribution >= 0.6 is 0 Å². The Morgan fingerprint density at radius 2 is 1.86 bits per heavy atom. The third kappa shape index (κ3) is 9.43. The first-order chi connectivity index (χ1) is 17.1. The molecule has 0 radical (unpaired) electrons. The van der Waals surface area contributed by atoms with Crippen molar-refractivity contribution in [3.8, 4) is 0 Å². The summed E-state index contributed by atoms with van der Waals surface area (Å²) in [5.74, 6) is -0.584. The highest BCUT2D eigenvalue weighted by Crippen LogP contribution is 2.28. The standard InChI is InChI=1S/C23H32F3N5O5S/c1-5-6-9-16(17(32)14-28-37(34,35)20-10-7-8-12-27-20)29-21(33)36-19(22(2,3)4)15-31-13-11-18(30-31)23(24,25)26/h7-8,10-13,16,19,28H,5-6,9,14-15H2,1-4H3,(H,29,33)/t16-,19+/m0/s1. The van der Waals surface area contributed by atoms with Crippen molar-refractivity contribution in [3.63, 3.8) is 0 Å². The maximum Gasteiger partial charge on any atom is 0.435 e. The number of aromatic nitrogens is 3. The van der Waals surface area contributed by atoms with E-state index < -0.39 is 57.9 Å². The Morgan fingerprint density at radius 1 is 1.16 bits per heavy atom. The predicted octanol–water partition coefficient (Wildman–Crippen LogP) is 3.54. The van der Waals surface area contributed by atoms with Crippen LogP contribution in [0.3, 0.4) is 0 Å². The van der Waals surface area contributed by atoms with Crippen molar-refractivity contribution in [1.82, 2.24) is 24.8 Å². The molecular weight excluding hydrogens is 515 g/mol. The van der Waals surface area contributed by atoms with Gasteiger partial charge >= 0.3 is 12.3 Å². The maximum atomic E-state index is 12.9. The van der Waals surface area contributed by atoms with Crippen LogP contribution in [0.5, 0.6) is 0 Å². The highest BCUT2D eigenvalue weighted by atomic mass is 32.2. The maximum absolute atomic E-state index is 12.9. The van der Waals surface area contributed by atoms with Gasteiger partial charge in [-0.2, -0.15) is 18.3 Å². The fourth-order valence-corrected chi connectivity index (χ4v) is 4.11. The zero-order chi connectivity index (χ0) is 27.9. The number of alkyl halides is 3. The van der Waals surface area contributed by atoms with Gasteiger partial charge in [-0.25, -0.2) is 22.9 Å². The van der Waals surface area contributed by atoms with Crippen molar-refractivity contribution in [1.29, 1.82) is 0 Å². The number of pyridine rings is 1. The monoisotopic (exact) mass is 547 g/mol. The number of halogens is 3. The van der Waals surface area contributed by atoms with E-state index in [9.17, 15) is 31.2 Å². The van der Waals surface area contributed by atoms with E-state index in [1.54, 1.807) is 26.8 Å². The second-order valence-electron chi connectivity index (χ2n) is 9.48. The van der Waals surface area contributed by atoms with Crippen molar-refractivity contribution in [3.05, 3.63) is 42.4 Å². The van der Waals surface area contributed by atoms with Crippen LogP contribution in [0.25, 0.3) is 0 Å². The lowest BCUT2D eigenvalue weighted by Gasteiger charge is -2.31. The Kier molecular flexibility index (Phi) is 10.2. The number of hydrogen-bond donors (Lipinski definition) is 2. The number of ether oxygens (including phenoxy) is 1. The van der Waals surface area contributed by atoms with Crippen molar-refractivity contribution < 1.29 is 35.9 Å². The zero-order valence-corrected chi connectivity index (χ0v) is 21.9. The summed E-state index contributed by atoms with van der Waals surface area (Å²) < 4.78 is 72.1. The molecule has 2 atom stereocenters. The quantitative estimate of drug-likeness (QED) is 0.415. The molecule has 0 unspecified atom stereocenters. The molecule has 0 aliphatic heterocycles. The number of rotatable bonds is 12. The highest BCUT2D eigenvalue weighted by molar-refractivity contribution is 7.89. The fourth-order valence-electron chi connectivity index (χ4n) is 3.17. The number of carbonyl (C=O) groups is 2. The van der Waals surface area contributed by atoms with Crippen LogP contribution in [0.1, 0.15) is 52.7 Å². The molecule has 2 heterocycles. The molecule has 0 saturated heterocycles. The van der Waals surface area contributed by atoms with Crippen molar-refractivity contribution in [2.45, 2.75) is 76.9 Å². The average Bonchev–Trinajstić information content (AvgIpc) is 3.29. The molecule has 2 rings (SSSR count). The van der Waals surface area contributed by atoms with Gasteiger partial charge in [-0.1, -0.05) is 46.6 Å². The molecule has 0 saturated carbocycles. The van der Waals surface area contributed by atoms with Crippen LogP contribution in [0.15, 0.2) is 41.7 Å². The van der Waals surface area contributed by atoms with Crippen molar-refractivity contribution >= 4 is 21.9 Å². The van der Waals surface area contributed by atoms with E-state index >= 15 is 0 Å². The van der Waals surface area contributed by atoms with Crippen LogP contribution in [-0.4, -0.2) is 53.7 Å². The lowest BCUT2D eigenvalue weighted by molar-refractivity contribution is -0.141. The number of amides is 1. The van der Waals surface area contributed by atoms with Gasteiger partial charge in [-0.15, -0.1) is 0 Å². The number of Topliss-reactive ketones (excluding diaryl/α,β-unsaturated/α-hetero) is 1. The normalized spacial score (nSPS) is 14.1. The summed E-state index contributed by atoms with van der Waals surface area (Å²) in [4.78, 5) is 29.3. The van der Waals surface area contributed by atoms with E-state index in [-0.39, 0.29) is 18.0 Å². The summed E-state index contributed by atoms with van der Waals surface area (Å²) >= 11 is 0. The minimum Gasteiger partial charge on any atom is -0.444 e. The van der Waals surface area contributed by atoms with Crippen molar-refractivity contribution in [2.24, 2.45) is 5.41 Å². The van der Waals surface area contributed by atoms with Crippen LogP contribution in [0.2, 0.25) is 0 Å². The van der Waals surface area contributed by atoms with Gasteiger partial charge in [-0.05, 0) is 24.6 Å². The number of hydrogen-bond acceptors (Lipinski definition) is 7. The Morgan fingerprint density at radius 3 is 2.41 bits per heavy atom. The molecule has 2 N–H and O–H groups in total. The van der Waals surface area contributed by atoms with Crippen LogP contribution in [0, 0.1) is 5.41 Å². The van der Waals surface area contributed by atoms with E-state index in [0.717, 1.165) is 16.9 Å². The van der Waals surface area contributed by atoms with Crippen LogP contribution in [0.4, 0.5) is 18.0 Å². The molecule has 206 valence electrons. The first-order valence-electron chi connectivity index (χ1n) is 11.6. The number of carbonyl (C=O) groups excluding carboxylic acids is 2. The summed E-state index contributed by atoms with van der Waals surface area (Å²) in [6, 6.07) is 4.10. The minimum absolute atomic E-state index is 0.148. The second kappa shape index (κ2) is 12.5. The van der Waals surface area contributed by atoms with Crippen molar-refractivity contribution in [2.75, 3.05) is 6.54 Å². The number of nitrogens with one attached hydrogen (secondary N) is 2. The molecule has 0 aliphatic carbocycles. The molecule has 2 aromatic heterocycles. The average molecular weight is 548 g/mol. The lowest BCUT2D eigenvalue weighted by atomic mass is 9.89. The Labute approximate surface area is 214 Å². The molecule has 37 heavy (non-hydrogen) atoms. The molecule has 0 spiro atoms. The Balaban J connectivity index is 2.07. The topological polar surface area (TPSA) is 132 Å². The molecular formula is C23H32F3N5O5S. The summed E-state index contributed by atoms with van der Waals surface area (Å²) in [6.45, 7) is 6.38. The number of sulfonamides is 1. The first-order valence-corrected chi connectivity index (χ1v) is 13.1. The van der Waals surface area contributed by atoms with Gasteiger partial charge in [0.15, 0.2) is 16.5 Å². The van der Waals surface area contributed by atoms with Gasteiger partial charge in [0.05, 0.1) is 19.1 Å².